The van der Waals surface area contributed by atoms with Gasteiger partial charge in [0, 0.05) is 17.9 Å². The SMILES string of the molecule is CC1(C)C(=O)N(CCc2ccccc2N)c2ccccc21. The highest BCUT2D eigenvalue weighted by Gasteiger charge is 2.43. The summed E-state index contributed by atoms with van der Waals surface area (Å²) < 4.78 is 0. The van der Waals surface area contributed by atoms with Gasteiger partial charge in [0.1, 0.15) is 0 Å². The van der Waals surface area contributed by atoms with Crippen molar-refractivity contribution in [3.8, 4) is 0 Å². The van der Waals surface area contributed by atoms with Crippen molar-refractivity contribution in [2.75, 3.05) is 17.2 Å². The molecule has 108 valence electrons. The van der Waals surface area contributed by atoms with Gasteiger partial charge in [0.2, 0.25) is 5.91 Å². The lowest BCUT2D eigenvalue weighted by molar-refractivity contribution is -0.122. The first-order valence-electron chi connectivity index (χ1n) is 7.26. The molecule has 2 N–H and O–H groups in total. The predicted octanol–water partition coefficient (Wildman–Crippen LogP) is 3.14. The number of nitrogens with two attached hydrogens (primary N) is 1. The van der Waals surface area contributed by atoms with Gasteiger partial charge in [-0.2, -0.15) is 0 Å². The minimum absolute atomic E-state index is 0.165. The van der Waals surface area contributed by atoms with Crippen molar-refractivity contribution < 1.29 is 4.79 Å². The van der Waals surface area contributed by atoms with Crippen LogP contribution in [0.4, 0.5) is 11.4 Å². The zero-order valence-corrected chi connectivity index (χ0v) is 12.5. The molecule has 0 saturated carbocycles. The first-order valence-corrected chi connectivity index (χ1v) is 7.26. The Morgan fingerprint density at radius 2 is 1.71 bits per heavy atom. The molecule has 2 aromatic carbocycles. The van der Waals surface area contributed by atoms with Gasteiger partial charge in [-0.1, -0.05) is 36.4 Å². The normalized spacial score (nSPS) is 16.1. The van der Waals surface area contributed by atoms with E-state index in [2.05, 4.69) is 0 Å². The van der Waals surface area contributed by atoms with E-state index in [1.165, 1.54) is 0 Å². The minimum atomic E-state index is -0.446. The molecule has 21 heavy (non-hydrogen) atoms. The van der Waals surface area contributed by atoms with Crippen LogP contribution in [0.15, 0.2) is 48.5 Å². The molecule has 1 aliphatic heterocycles. The number of carbonyl (C=O) groups is 1. The highest BCUT2D eigenvalue weighted by Crippen LogP contribution is 2.41. The van der Waals surface area contributed by atoms with Crippen molar-refractivity contribution in [2.45, 2.75) is 25.7 Å². The molecule has 1 heterocycles. The zero-order valence-electron chi connectivity index (χ0n) is 12.5. The van der Waals surface area contributed by atoms with E-state index >= 15 is 0 Å². The first kappa shape index (κ1) is 13.7. The number of carbonyl (C=O) groups excluding carboxylic acids is 1. The number of hydrogen-bond acceptors (Lipinski definition) is 2. The van der Waals surface area contributed by atoms with Crippen LogP contribution in [0.2, 0.25) is 0 Å². The topological polar surface area (TPSA) is 46.3 Å². The lowest BCUT2D eigenvalue weighted by Gasteiger charge is -2.20. The van der Waals surface area contributed by atoms with Crippen LogP contribution in [0, 0.1) is 0 Å². The molecule has 0 aromatic heterocycles. The van der Waals surface area contributed by atoms with Gasteiger partial charge < -0.3 is 10.6 Å². The summed E-state index contributed by atoms with van der Waals surface area (Å²) in [6, 6.07) is 15.9. The predicted molar refractivity (Wildman–Crippen MR) is 86.4 cm³/mol. The van der Waals surface area contributed by atoms with Gasteiger partial charge in [0.05, 0.1) is 5.41 Å². The summed E-state index contributed by atoms with van der Waals surface area (Å²) in [5.41, 5.74) is 9.55. The molecule has 0 bridgehead atoms. The molecule has 2 aromatic rings. The van der Waals surface area contributed by atoms with Crippen molar-refractivity contribution in [3.05, 3.63) is 59.7 Å². The van der Waals surface area contributed by atoms with Crippen molar-refractivity contribution in [2.24, 2.45) is 0 Å². The number of anilines is 2. The summed E-state index contributed by atoms with van der Waals surface area (Å²) in [6.45, 7) is 4.64. The van der Waals surface area contributed by atoms with Gasteiger partial charge in [-0.25, -0.2) is 0 Å². The second-order valence-corrected chi connectivity index (χ2v) is 6.05. The van der Waals surface area contributed by atoms with Gasteiger partial charge in [0.25, 0.3) is 0 Å². The quantitative estimate of drug-likeness (QED) is 0.878. The Balaban J connectivity index is 1.87. The maximum absolute atomic E-state index is 12.7. The van der Waals surface area contributed by atoms with Crippen LogP contribution >= 0.6 is 0 Å². The molecule has 0 radical (unpaired) electrons. The third-order valence-corrected chi connectivity index (χ3v) is 4.31. The van der Waals surface area contributed by atoms with Crippen LogP contribution in [0.1, 0.15) is 25.0 Å². The number of amides is 1. The third-order valence-electron chi connectivity index (χ3n) is 4.31. The van der Waals surface area contributed by atoms with E-state index in [0.717, 1.165) is 28.9 Å². The maximum Gasteiger partial charge on any atom is 0.237 e. The largest absolute Gasteiger partial charge is 0.399 e. The van der Waals surface area contributed by atoms with Crippen molar-refractivity contribution in [1.29, 1.82) is 0 Å². The Morgan fingerprint density at radius 1 is 1.05 bits per heavy atom. The molecule has 3 heteroatoms. The number of benzene rings is 2. The van der Waals surface area contributed by atoms with E-state index in [0.29, 0.717) is 6.54 Å². The Hall–Kier alpha value is -2.29. The van der Waals surface area contributed by atoms with E-state index in [4.69, 9.17) is 5.73 Å². The number of hydrogen-bond donors (Lipinski definition) is 1. The molecular formula is C18H20N2O. The Bertz CT molecular complexity index is 691. The first-order chi connectivity index (χ1) is 10.0. The van der Waals surface area contributed by atoms with Crippen molar-refractivity contribution in [3.63, 3.8) is 0 Å². The smallest absolute Gasteiger partial charge is 0.237 e. The highest BCUT2D eigenvalue weighted by atomic mass is 16.2. The molecular weight excluding hydrogens is 260 g/mol. The summed E-state index contributed by atoms with van der Waals surface area (Å²) in [7, 11) is 0. The van der Waals surface area contributed by atoms with Gasteiger partial charge in [-0.15, -0.1) is 0 Å². The molecule has 3 nitrogen and oxygen atoms in total. The lowest BCUT2D eigenvalue weighted by Crippen LogP contribution is -2.37. The average molecular weight is 280 g/mol. The van der Waals surface area contributed by atoms with Gasteiger partial charge in [0.15, 0.2) is 0 Å². The molecule has 0 fully saturated rings. The second-order valence-electron chi connectivity index (χ2n) is 6.05. The van der Waals surface area contributed by atoms with E-state index in [-0.39, 0.29) is 5.91 Å². The molecule has 0 atom stereocenters. The summed E-state index contributed by atoms with van der Waals surface area (Å²) in [4.78, 5) is 14.6. The summed E-state index contributed by atoms with van der Waals surface area (Å²) in [5.74, 6) is 0.165. The van der Waals surface area contributed by atoms with Crippen LogP contribution < -0.4 is 10.6 Å². The second kappa shape index (κ2) is 4.92. The van der Waals surface area contributed by atoms with Crippen LogP contribution in [-0.2, 0) is 16.6 Å². The zero-order chi connectivity index (χ0) is 15.0. The summed E-state index contributed by atoms with van der Waals surface area (Å²) >= 11 is 0. The molecule has 0 unspecified atom stereocenters. The molecule has 1 amide bonds. The van der Waals surface area contributed by atoms with Crippen molar-refractivity contribution >= 4 is 17.3 Å². The fourth-order valence-electron chi connectivity index (χ4n) is 3.02. The molecule has 0 aliphatic carbocycles. The fourth-order valence-corrected chi connectivity index (χ4v) is 3.02. The molecule has 0 spiro atoms. The average Bonchev–Trinajstić information content (AvgIpc) is 2.67. The molecule has 1 aliphatic rings. The Kier molecular flexibility index (Phi) is 3.20. The van der Waals surface area contributed by atoms with E-state index in [9.17, 15) is 4.79 Å². The lowest BCUT2D eigenvalue weighted by atomic mass is 9.86. The molecule has 0 saturated heterocycles. The van der Waals surface area contributed by atoms with Crippen LogP contribution in [0.5, 0.6) is 0 Å². The number of nitrogen functional groups attached to an aromatic ring is 1. The van der Waals surface area contributed by atoms with Crippen LogP contribution in [0.25, 0.3) is 0 Å². The number of rotatable bonds is 3. The number of fused-ring (bicyclic) bond motifs is 1. The van der Waals surface area contributed by atoms with Gasteiger partial charge in [-0.05, 0) is 43.5 Å². The van der Waals surface area contributed by atoms with E-state index in [1.54, 1.807) is 0 Å². The standard InChI is InChI=1S/C18H20N2O/c1-18(2)14-8-4-6-10-16(14)20(17(18)21)12-11-13-7-3-5-9-15(13)19/h3-10H,11-12,19H2,1-2H3. The fraction of sp³-hybridized carbons (Fsp3) is 0.278. The molecule has 3 rings (SSSR count). The van der Waals surface area contributed by atoms with Gasteiger partial charge >= 0.3 is 0 Å². The minimum Gasteiger partial charge on any atom is -0.399 e. The highest BCUT2D eigenvalue weighted by molar-refractivity contribution is 6.07. The maximum atomic E-state index is 12.7. The monoisotopic (exact) mass is 280 g/mol. The van der Waals surface area contributed by atoms with E-state index < -0.39 is 5.41 Å². The Labute approximate surface area is 125 Å². The van der Waals surface area contributed by atoms with Crippen LogP contribution in [-0.4, -0.2) is 12.5 Å². The van der Waals surface area contributed by atoms with Gasteiger partial charge in [-0.3, -0.25) is 4.79 Å². The summed E-state index contributed by atoms with van der Waals surface area (Å²) in [6.07, 6.45) is 0.767. The number of nitrogens with zero attached hydrogens (tertiary/aromatic N) is 1. The summed E-state index contributed by atoms with van der Waals surface area (Å²) in [5, 5.41) is 0. The Morgan fingerprint density at radius 3 is 2.48 bits per heavy atom. The van der Waals surface area contributed by atoms with E-state index in [1.807, 2.05) is 67.3 Å². The van der Waals surface area contributed by atoms with Crippen LogP contribution in [0.3, 0.4) is 0 Å². The third kappa shape index (κ3) is 2.19. The van der Waals surface area contributed by atoms with Crippen molar-refractivity contribution in [1.82, 2.24) is 0 Å². The number of para-hydroxylation sites is 2.